The van der Waals surface area contributed by atoms with E-state index in [0.29, 0.717) is 11.5 Å². The number of carbonyl (C=O) groups excluding carboxylic acids is 1. The Hall–Kier alpha value is -1.26. The lowest BCUT2D eigenvalue weighted by atomic mass is 10.0. The Balaban J connectivity index is 2.17. The SMILES string of the molecule is CC(C)c1ccc(NC(=O)c2cc(S)ccc2Br)cc1. The number of thiol groups is 1. The van der Waals surface area contributed by atoms with E-state index in [9.17, 15) is 4.79 Å². The fourth-order valence-electron chi connectivity index (χ4n) is 1.84. The molecule has 0 aliphatic heterocycles. The monoisotopic (exact) mass is 349 g/mol. The maximum absolute atomic E-state index is 12.2. The van der Waals surface area contributed by atoms with Crippen LogP contribution in [0, 0.1) is 0 Å². The fraction of sp³-hybridized carbons (Fsp3) is 0.188. The zero-order chi connectivity index (χ0) is 14.7. The molecule has 0 bridgehead atoms. The largest absolute Gasteiger partial charge is 0.322 e. The summed E-state index contributed by atoms with van der Waals surface area (Å²) in [4.78, 5) is 13.0. The van der Waals surface area contributed by atoms with E-state index in [1.165, 1.54) is 5.56 Å². The van der Waals surface area contributed by atoms with Crippen molar-refractivity contribution in [1.82, 2.24) is 0 Å². The highest BCUT2D eigenvalue weighted by atomic mass is 79.9. The molecule has 2 rings (SSSR count). The van der Waals surface area contributed by atoms with Gasteiger partial charge in [0.25, 0.3) is 5.91 Å². The molecule has 0 aliphatic rings. The highest BCUT2D eigenvalue weighted by molar-refractivity contribution is 9.10. The summed E-state index contributed by atoms with van der Waals surface area (Å²) in [5, 5.41) is 2.89. The summed E-state index contributed by atoms with van der Waals surface area (Å²) in [5.41, 5.74) is 2.61. The molecule has 2 nitrogen and oxygen atoms in total. The van der Waals surface area contributed by atoms with Gasteiger partial charge in [0.15, 0.2) is 0 Å². The van der Waals surface area contributed by atoms with Crippen LogP contribution in [0.2, 0.25) is 0 Å². The van der Waals surface area contributed by atoms with Crippen molar-refractivity contribution in [2.75, 3.05) is 5.32 Å². The number of rotatable bonds is 3. The Morgan fingerprint density at radius 3 is 2.40 bits per heavy atom. The molecule has 20 heavy (non-hydrogen) atoms. The molecular formula is C16H16BrNOS. The molecular weight excluding hydrogens is 334 g/mol. The molecule has 1 amide bonds. The molecule has 0 saturated carbocycles. The normalized spacial score (nSPS) is 10.7. The molecule has 0 atom stereocenters. The Kier molecular flexibility index (Phi) is 4.89. The van der Waals surface area contributed by atoms with Gasteiger partial charge in [0, 0.05) is 15.1 Å². The van der Waals surface area contributed by atoms with Gasteiger partial charge in [-0.3, -0.25) is 4.79 Å². The number of halogens is 1. The summed E-state index contributed by atoms with van der Waals surface area (Å²) in [6.45, 7) is 4.28. The summed E-state index contributed by atoms with van der Waals surface area (Å²) in [6, 6.07) is 13.3. The predicted octanol–water partition coefficient (Wildman–Crippen LogP) is 5.11. The van der Waals surface area contributed by atoms with Crippen molar-refractivity contribution in [1.29, 1.82) is 0 Å². The lowest BCUT2D eigenvalue weighted by molar-refractivity contribution is 0.102. The third-order valence-electron chi connectivity index (χ3n) is 3.03. The second kappa shape index (κ2) is 6.46. The summed E-state index contributed by atoms with van der Waals surface area (Å²) in [5.74, 6) is 0.333. The molecule has 1 N–H and O–H groups in total. The summed E-state index contributed by atoms with van der Waals surface area (Å²) in [7, 11) is 0. The molecule has 0 spiro atoms. The van der Waals surface area contributed by atoms with E-state index < -0.39 is 0 Å². The molecule has 0 fully saturated rings. The Bertz CT molecular complexity index is 623. The van der Waals surface area contributed by atoms with Crippen molar-refractivity contribution in [2.45, 2.75) is 24.7 Å². The van der Waals surface area contributed by atoms with Crippen LogP contribution in [0.25, 0.3) is 0 Å². The van der Waals surface area contributed by atoms with Crippen LogP contribution in [0.1, 0.15) is 35.7 Å². The van der Waals surface area contributed by atoms with Gasteiger partial charge in [-0.25, -0.2) is 0 Å². The highest BCUT2D eigenvalue weighted by Crippen LogP contribution is 2.22. The molecule has 2 aromatic rings. The second-order valence-electron chi connectivity index (χ2n) is 4.89. The Morgan fingerprint density at radius 1 is 1.15 bits per heavy atom. The van der Waals surface area contributed by atoms with E-state index in [4.69, 9.17) is 0 Å². The molecule has 0 saturated heterocycles. The smallest absolute Gasteiger partial charge is 0.256 e. The van der Waals surface area contributed by atoms with E-state index in [-0.39, 0.29) is 5.91 Å². The molecule has 0 unspecified atom stereocenters. The first kappa shape index (κ1) is 15.1. The second-order valence-corrected chi connectivity index (χ2v) is 6.27. The maximum atomic E-state index is 12.2. The van der Waals surface area contributed by atoms with Gasteiger partial charge in [-0.05, 0) is 57.7 Å². The molecule has 0 aromatic heterocycles. The minimum absolute atomic E-state index is 0.148. The Morgan fingerprint density at radius 2 is 1.80 bits per heavy atom. The van der Waals surface area contributed by atoms with Crippen molar-refractivity contribution in [3.63, 3.8) is 0 Å². The van der Waals surface area contributed by atoms with Gasteiger partial charge in [-0.1, -0.05) is 26.0 Å². The van der Waals surface area contributed by atoms with Crippen LogP contribution < -0.4 is 5.32 Å². The van der Waals surface area contributed by atoms with Crippen molar-refractivity contribution in [3.8, 4) is 0 Å². The molecule has 104 valence electrons. The number of benzene rings is 2. The average molecular weight is 350 g/mol. The highest BCUT2D eigenvalue weighted by Gasteiger charge is 2.10. The zero-order valence-electron chi connectivity index (χ0n) is 11.4. The van der Waals surface area contributed by atoms with E-state index in [1.54, 1.807) is 6.07 Å². The van der Waals surface area contributed by atoms with E-state index in [1.807, 2.05) is 36.4 Å². The third kappa shape index (κ3) is 3.64. The van der Waals surface area contributed by atoms with Crippen LogP contribution in [-0.2, 0) is 0 Å². The maximum Gasteiger partial charge on any atom is 0.256 e. The first-order chi connectivity index (χ1) is 9.47. The lowest BCUT2D eigenvalue weighted by Crippen LogP contribution is -2.12. The quantitative estimate of drug-likeness (QED) is 0.740. The number of anilines is 1. The van der Waals surface area contributed by atoms with Crippen molar-refractivity contribution in [2.24, 2.45) is 0 Å². The molecule has 0 heterocycles. The van der Waals surface area contributed by atoms with E-state index in [2.05, 4.69) is 47.7 Å². The Labute approximate surface area is 133 Å². The van der Waals surface area contributed by atoms with Gasteiger partial charge in [0.05, 0.1) is 5.56 Å². The minimum Gasteiger partial charge on any atom is -0.322 e. The van der Waals surface area contributed by atoms with Crippen LogP contribution in [0.15, 0.2) is 51.8 Å². The summed E-state index contributed by atoms with van der Waals surface area (Å²) >= 11 is 7.64. The van der Waals surface area contributed by atoms with Crippen LogP contribution in [0.5, 0.6) is 0 Å². The number of hydrogen-bond donors (Lipinski definition) is 2. The van der Waals surface area contributed by atoms with Crippen LogP contribution >= 0.6 is 28.6 Å². The van der Waals surface area contributed by atoms with Gasteiger partial charge >= 0.3 is 0 Å². The topological polar surface area (TPSA) is 29.1 Å². The molecule has 0 radical (unpaired) electrons. The van der Waals surface area contributed by atoms with Gasteiger partial charge < -0.3 is 5.32 Å². The van der Waals surface area contributed by atoms with E-state index in [0.717, 1.165) is 15.1 Å². The lowest BCUT2D eigenvalue weighted by Gasteiger charge is -2.09. The number of hydrogen-bond acceptors (Lipinski definition) is 2. The minimum atomic E-state index is -0.148. The third-order valence-corrected chi connectivity index (χ3v) is 4.00. The summed E-state index contributed by atoms with van der Waals surface area (Å²) < 4.78 is 0.756. The van der Waals surface area contributed by atoms with Crippen LogP contribution in [0.4, 0.5) is 5.69 Å². The first-order valence-electron chi connectivity index (χ1n) is 6.37. The van der Waals surface area contributed by atoms with Gasteiger partial charge in [-0.15, -0.1) is 12.6 Å². The van der Waals surface area contributed by atoms with E-state index >= 15 is 0 Å². The van der Waals surface area contributed by atoms with Crippen LogP contribution in [-0.4, -0.2) is 5.91 Å². The van der Waals surface area contributed by atoms with Crippen molar-refractivity contribution < 1.29 is 4.79 Å². The standard InChI is InChI=1S/C16H16BrNOS/c1-10(2)11-3-5-12(6-4-11)18-16(19)14-9-13(20)7-8-15(14)17/h3-10,20H,1-2H3,(H,18,19). The zero-order valence-corrected chi connectivity index (χ0v) is 13.8. The van der Waals surface area contributed by atoms with Gasteiger partial charge in [0.1, 0.15) is 0 Å². The summed E-state index contributed by atoms with van der Waals surface area (Å²) in [6.07, 6.45) is 0. The number of nitrogens with one attached hydrogen (secondary N) is 1. The predicted molar refractivity (Wildman–Crippen MR) is 89.9 cm³/mol. The average Bonchev–Trinajstić information content (AvgIpc) is 2.42. The van der Waals surface area contributed by atoms with Crippen molar-refractivity contribution >= 4 is 40.2 Å². The van der Waals surface area contributed by atoms with Gasteiger partial charge in [0.2, 0.25) is 0 Å². The molecule has 4 heteroatoms. The molecule has 2 aromatic carbocycles. The number of amides is 1. The van der Waals surface area contributed by atoms with Crippen LogP contribution in [0.3, 0.4) is 0 Å². The van der Waals surface area contributed by atoms with Gasteiger partial charge in [-0.2, -0.15) is 0 Å². The first-order valence-corrected chi connectivity index (χ1v) is 7.61. The number of carbonyl (C=O) groups is 1. The molecule has 0 aliphatic carbocycles. The fourth-order valence-corrected chi connectivity index (χ4v) is 2.47. The van der Waals surface area contributed by atoms with Crippen molar-refractivity contribution in [3.05, 3.63) is 58.1 Å².